The topological polar surface area (TPSA) is 59.9 Å². The Hall–Kier alpha value is -2.89. The molecule has 1 atom stereocenters. The van der Waals surface area contributed by atoms with Gasteiger partial charge in [0, 0.05) is 5.56 Å². The van der Waals surface area contributed by atoms with Gasteiger partial charge >= 0.3 is 0 Å². The van der Waals surface area contributed by atoms with Crippen LogP contribution >= 0.6 is 0 Å². The molecule has 0 aromatic heterocycles. The number of hydrogen-bond acceptors (Lipinski definition) is 4. The first-order chi connectivity index (χ1) is 11.1. The van der Waals surface area contributed by atoms with E-state index in [-0.39, 0.29) is 5.69 Å². The SMILES string of the molecule is COc1ccccc1/C=N\O[C@H](C)C(=O)Nc1ccccc1F. The predicted octanol–water partition coefficient (Wildman–Crippen LogP) is 3.21. The number of oxime groups is 1. The Balaban J connectivity index is 1.94. The maximum atomic E-state index is 13.5. The molecule has 0 spiro atoms. The Morgan fingerprint density at radius 1 is 1.22 bits per heavy atom. The molecule has 2 aromatic carbocycles. The zero-order chi connectivity index (χ0) is 16.7. The van der Waals surface area contributed by atoms with Crippen LogP contribution in [0.5, 0.6) is 5.75 Å². The van der Waals surface area contributed by atoms with Gasteiger partial charge in [-0.2, -0.15) is 0 Å². The van der Waals surface area contributed by atoms with Crippen molar-refractivity contribution in [2.45, 2.75) is 13.0 Å². The average Bonchev–Trinajstić information content (AvgIpc) is 2.57. The lowest BCUT2D eigenvalue weighted by Gasteiger charge is -2.11. The second kappa shape index (κ2) is 7.93. The first kappa shape index (κ1) is 16.5. The monoisotopic (exact) mass is 316 g/mol. The van der Waals surface area contributed by atoms with Gasteiger partial charge < -0.3 is 14.9 Å². The summed E-state index contributed by atoms with van der Waals surface area (Å²) in [5.74, 6) is -0.360. The molecule has 2 rings (SSSR count). The van der Waals surface area contributed by atoms with Crippen LogP contribution in [-0.4, -0.2) is 25.3 Å². The number of methoxy groups -OCH3 is 1. The highest BCUT2D eigenvalue weighted by Gasteiger charge is 2.15. The highest BCUT2D eigenvalue weighted by molar-refractivity contribution is 5.94. The van der Waals surface area contributed by atoms with Gasteiger partial charge in [-0.15, -0.1) is 0 Å². The standard InChI is InChI=1S/C17H17FN2O3/c1-12(17(21)20-15-9-5-4-8-14(15)18)23-19-11-13-7-3-6-10-16(13)22-2/h3-12H,1-2H3,(H,20,21)/b19-11-/t12-/m1/s1. The molecular formula is C17H17FN2O3. The predicted molar refractivity (Wildman–Crippen MR) is 86.2 cm³/mol. The van der Waals surface area contributed by atoms with Gasteiger partial charge in [0.05, 0.1) is 19.0 Å². The van der Waals surface area contributed by atoms with Crippen LogP contribution in [0.2, 0.25) is 0 Å². The van der Waals surface area contributed by atoms with Gasteiger partial charge in [-0.3, -0.25) is 4.79 Å². The lowest BCUT2D eigenvalue weighted by molar-refractivity contribution is -0.126. The summed E-state index contributed by atoms with van der Waals surface area (Å²) in [6.07, 6.45) is 0.576. The van der Waals surface area contributed by atoms with E-state index in [1.807, 2.05) is 12.1 Å². The van der Waals surface area contributed by atoms with Crippen LogP contribution in [0.1, 0.15) is 12.5 Å². The van der Waals surface area contributed by atoms with Crippen molar-refractivity contribution in [2.24, 2.45) is 5.16 Å². The van der Waals surface area contributed by atoms with Gasteiger partial charge in [0.1, 0.15) is 11.6 Å². The summed E-state index contributed by atoms with van der Waals surface area (Å²) in [4.78, 5) is 17.0. The molecule has 0 aliphatic carbocycles. The largest absolute Gasteiger partial charge is 0.496 e. The number of carbonyl (C=O) groups is 1. The molecule has 0 saturated carbocycles. The molecule has 0 aliphatic heterocycles. The fourth-order valence-corrected chi connectivity index (χ4v) is 1.80. The molecule has 0 saturated heterocycles. The molecular weight excluding hydrogens is 299 g/mol. The third-order valence-corrected chi connectivity index (χ3v) is 3.05. The summed E-state index contributed by atoms with van der Waals surface area (Å²) in [7, 11) is 1.55. The Morgan fingerprint density at radius 2 is 1.91 bits per heavy atom. The molecule has 6 heteroatoms. The first-order valence-corrected chi connectivity index (χ1v) is 6.99. The zero-order valence-electron chi connectivity index (χ0n) is 12.8. The molecule has 0 aliphatic rings. The first-order valence-electron chi connectivity index (χ1n) is 6.99. The molecule has 0 heterocycles. The highest BCUT2D eigenvalue weighted by Crippen LogP contribution is 2.15. The van der Waals surface area contributed by atoms with Crippen LogP contribution in [0.4, 0.5) is 10.1 Å². The molecule has 0 radical (unpaired) electrons. The van der Waals surface area contributed by atoms with E-state index >= 15 is 0 Å². The maximum absolute atomic E-state index is 13.5. The van der Waals surface area contributed by atoms with E-state index in [4.69, 9.17) is 9.57 Å². The number of anilines is 1. The second-order valence-corrected chi connectivity index (χ2v) is 4.69. The lowest BCUT2D eigenvalue weighted by atomic mass is 10.2. The van der Waals surface area contributed by atoms with Crippen LogP contribution in [-0.2, 0) is 9.63 Å². The third kappa shape index (κ3) is 4.54. The molecule has 0 unspecified atom stereocenters. The number of carbonyl (C=O) groups excluding carboxylic acids is 1. The molecule has 0 fully saturated rings. The maximum Gasteiger partial charge on any atom is 0.268 e. The van der Waals surface area contributed by atoms with E-state index < -0.39 is 17.8 Å². The molecule has 1 N–H and O–H groups in total. The van der Waals surface area contributed by atoms with Gasteiger partial charge in [0.2, 0.25) is 6.10 Å². The van der Waals surface area contributed by atoms with Gasteiger partial charge in [0.15, 0.2) is 0 Å². The van der Waals surface area contributed by atoms with Crippen LogP contribution in [0.3, 0.4) is 0 Å². The number of hydrogen-bond donors (Lipinski definition) is 1. The molecule has 23 heavy (non-hydrogen) atoms. The van der Waals surface area contributed by atoms with Crippen molar-refractivity contribution < 1.29 is 18.8 Å². The molecule has 1 amide bonds. The average molecular weight is 316 g/mol. The van der Waals surface area contributed by atoms with Crippen LogP contribution in [0.25, 0.3) is 0 Å². The molecule has 2 aromatic rings. The van der Waals surface area contributed by atoms with E-state index in [9.17, 15) is 9.18 Å². The van der Waals surface area contributed by atoms with E-state index in [1.165, 1.54) is 25.3 Å². The molecule has 0 bridgehead atoms. The quantitative estimate of drug-likeness (QED) is 0.657. The molecule has 120 valence electrons. The van der Waals surface area contributed by atoms with Crippen molar-refractivity contribution >= 4 is 17.8 Å². The van der Waals surface area contributed by atoms with Crippen LogP contribution < -0.4 is 10.1 Å². The number of para-hydroxylation sites is 2. The summed E-state index contributed by atoms with van der Waals surface area (Å²) < 4.78 is 18.6. The number of ether oxygens (including phenoxy) is 1. The number of benzene rings is 2. The minimum absolute atomic E-state index is 0.0988. The Bertz CT molecular complexity index is 704. The summed E-state index contributed by atoms with van der Waals surface area (Å²) in [6, 6.07) is 13.2. The smallest absolute Gasteiger partial charge is 0.268 e. The fraction of sp³-hybridized carbons (Fsp3) is 0.176. The van der Waals surface area contributed by atoms with Gasteiger partial charge in [-0.25, -0.2) is 4.39 Å². The number of amides is 1. The van der Waals surface area contributed by atoms with Crippen molar-refractivity contribution in [1.82, 2.24) is 0 Å². The summed E-state index contributed by atoms with van der Waals surface area (Å²) in [5, 5.41) is 6.22. The van der Waals surface area contributed by atoms with Gasteiger partial charge in [-0.1, -0.05) is 29.4 Å². The van der Waals surface area contributed by atoms with Crippen LogP contribution in [0, 0.1) is 5.82 Å². The Kier molecular flexibility index (Phi) is 5.68. The highest BCUT2D eigenvalue weighted by atomic mass is 19.1. The van der Waals surface area contributed by atoms with E-state index in [0.29, 0.717) is 5.75 Å². The minimum Gasteiger partial charge on any atom is -0.496 e. The van der Waals surface area contributed by atoms with Crippen molar-refractivity contribution in [3.8, 4) is 5.75 Å². The van der Waals surface area contributed by atoms with Crippen molar-refractivity contribution in [2.75, 3.05) is 12.4 Å². The lowest BCUT2D eigenvalue weighted by Crippen LogP contribution is -2.26. The molecule has 5 nitrogen and oxygen atoms in total. The summed E-state index contributed by atoms with van der Waals surface area (Å²) in [5.41, 5.74) is 0.818. The fourth-order valence-electron chi connectivity index (χ4n) is 1.80. The zero-order valence-corrected chi connectivity index (χ0v) is 12.8. The number of nitrogens with one attached hydrogen (secondary N) is 1. The summed E-state index contributed by atoms with van der Waals surface area (Å²) >= 11 is 0. The van der Waals surface area contributed by atoms with Gasteiger partial charge in [-0.05, 0) is 31.2 Å². The van der Waals surface area contributed by atoms with E-state index in [0.717, 1.165) is 5.56 Å². The van der Waals surface area contributed by atoms with Crippen molar-refractivity contribution in [1.29, 1.82) is 0 Å². The Labute approximate surface area is 133 Å². The van der Waals surface area contributed by atoms with E-state index in [1.54, 1.807) is 31.4 Å². The number of rotatable bonds is 6. The van der Waals surface area contributed by atoms with Crippen molar-refractivity contribution in [3.63, 3.8) is 0 Å². The second-order valence-electron chi connectivity index (χ2n) is 4.69. The van der Waals surface area contributed by atoms with E-state index in [2.05, 4.69) is 10.5 Å². The van der Waals surface area contributed by atoms with Gasteiger partial charge in [0.25, 0.3) is 5.91 Å². The van der Waals surface area contributed by atoms with Crippen LogP contribution in [0.15, 0.2) is 53.7 Å². The number of nitrogens with zero attached hydrogens (tertiary/aromatic N) is 1. The summed E-state index contributed by atoms with van der Waals surface area (Å²) in [6.45, 7) is 1.52. The van der Waals surface area contributed by atoms with Crippen molar-refractivity contribution in [3.05, 3.63) is 59.9 Å². The third-order valence-electron chi connectivity index (χ3n) is 3.05. The normalized spacial score (nSPS) is 12.0. The minimum atomic E-state index is -0.874. The Morgan fingerprint density at radius 3 is 2.65 bits per heavy atom. The number of halogens is 1.